The van der Waals surface area contributed by atoms with Gasteiger partial charge in [0.15, 0.2) is 0 Å². The van der Waals surface area contributed by atoms with Crippen molar-refractivity contribution >= 4 is 11.4 Å². The van der Waals surface area contributed by atoms with Crippen molar-refractivity contribution in [3.63, 3.8) is 0 Å². The molecule has 1 aromatic rings. The second kappa shape index (κ2) is 6.39. The molecule has 0 bridgehead atoms. The molecular weight excluding hydrogens is 226 g/mol. The minimum Gasteiger partial charge on any atom is -0.508 e. The Labute approximate surface area is 108 Å². The molecule has 0 fully saturated rings. The van der Waals surface area contributed by atoms with E-state index in [4.69, 9.17) is 5.73 Å². The number of likely N-dealkylation sites (N-methyl/N-ethyl adjacent to an activating group) is 1. The Balaban J connectivity index is 2.53. The van der Waals surface area contributed by atoms with Crippen LogP contribution < -0.4 is 11.1 Å². The van der Waals surface area contributed by atoms with E-state index in [1.807, 2.05) is 24.1 Å². The van der Waals surface area contributed by atoms with E-state index in [9.17, 15) is 5.11 Å². The Morgan fingerprint density at radius 1 is 1.39 bits per heavy atom. The molecule has 18 heavy (non-hydrogen) atoms. The van der Waals surface area contributed by atoms with Gasteiger partial charge in [0.2, 0.25) is 0 Å². The fraction of sp³-hybridized carbons (Fsp3) is 0.143. The van der Waals surface area contributed by atoms with Crippen LogP contribution in [0.1, 0.15) is 5.56 Å². The van der Waals surface area contributed by atoms with Gasteiger partial charge in [-0.1, -0.05) is 13.2 Å². The number of rotatable bonds is 6. The van der Waals surface area contributed by atoms with E-state index in [-0.39, 0.29) is 5.76 Å². The molecule has 1 rings (SSSR count). The molecule has 4 heteroatoms. The van der Waals surface area contributed by atoms with E-state index in [1.54, 1.807) is 18.3 Å². The maximum atomic E-state index is 9.21. The van der Waals surface area contributed by atoms with Gasteiger partial charge in [-0.15, -0.1) is 0 Å². The van der Waals surface area contributed by atoms with Crippen LogP contribution in [0.3, 0.4) is 0 Å². The maximum absolute atomic E-state index is 9.21. The SMILES string of the molecule is C=C(O)c1ccc(NCC(=C)N(C)/C=C\N)cc1. The first kappa shape index (κ1) is 13.7. The fourth-order valence-electron chi connectivity index (χ4n) is 1.34. The van der Waals surface area contributed by atoms with Gasteiger partial charge in [0, 0.05) is 36.4 Å². The van der Waals surface area contributed by atoms with Gasteiger partial charge in [-0.2, -0.15) is 0 Å². The Hall–Kier alpha value is -2.36. The minimum absolute atomic E-state index is 0.0683. The van der Waals surface area contributed by atoms with Crippen LogP contribution >= 0.6 is 0 Å². The van der Waals surface area contributed by atoms with Gasteiger partial charge in [0.1, 0.15) is 5.76 Å². The van der Waals surface area contributed by atoms with Crippen LogP contribution in [0.5, 0.6) is 0 Å². The van der Waals surface area contributed by atoms with Crippen molar-refractivity contribution < 1.29 is 5.11 Å². The van der Waals surface area contributed by atoms with Gasteiger partial charge in [-0.25, -0.2) is 0 Å². The number of aliphatic hydroxyl groups is 1. The normalized spacial score (nSPS) is 10.3. The zero-order valence-corrected chi connectivity index (χ0v) is 10.6. The highest BCUT2D eigenvalue weighted by Gasteiger charge is 2.00. The van der Waals surface area contributed by atoms with Gasteiger partial charge in [-0.05, 0) is 24.3 Å². The average Bonchev–Trinajstić information content (AvgIpc) is 2.36. The number of nitrogens with zero attached hydrogens (tertiary/aromatic N) is 1. The average molecular weight is 245 g/mol. The molecule has 0 saturated carbocycles. The molecule has 0 aliphatic rings. The zero-order valence-electron chi connectivity index (χ0n) is 10.6. The topological polar surface area (TPSA) is 61.5 Å². The summed E-state index contributed by atoms with van der Waals surface area (Å²) in [7, 11) is 1.88. The van der Waals surface area contributed by atoms with Gasteiger partial charge < -0.3 is 21.1 Å². The molecule has 0 heterocycles. The largest absolute Gasteiger partial charge is 0.508 e. The predicted molar refractivity (Wildman–Crippen MR) is 76.8 cm³/mol. The summed E-state index contributed by atoms with van der Waals surface area (Å²) in [4.78, 5) is 1.84. The van der Waals surface area contributed by atoms with Crippen molar-refractivity contribution in [2.45, 2.75) is 0 Å². The molecule has 0 radical (unpaired) electrons. The van der Waals surface area contributed by atoms with E-state index >= 15 is 0 Å². The lowest BCUT2D eigenvalue weighted by Crippen LogP contribution is -2.17. The van der Waals surface area contributed by atoms with Crippen LogP contribution in [0.4, 0.5) is 5.69 Å². The Bertz CT molecular complexity index is 449. The van der Waals surface area contributed by atoms with Crippen LogP contribution in [-0.2, 0) is 0 Å². The molecule has 0 aliphatic heterocycles. The van der Waals surface area contributed by atoms with E-state index in [2.05, 4.69) is 18.5 Å². The van der Waals surface area contributed by atoms with Gasteiger partial charge in [0.05, 0.1) is 6.54 Å². The highest BCUT2D eigenvalue weighted by atomic mass is 16.3. The lowest BCUT2D eigenvalue weighted by Gasteiger charge is -2.17. The van der Waals surface area contributed by atoms with Crippen LogP contribution in [0.15, 0.2) is 55.5 Å². The minimum atomic E-state index is 0.0683. The molecule has 0 spiro atoms. The Kier molecular flexibility index (Phi) is 4.87. The summed E-state index contributed by atoms with van der Waals surface area (Å²) in [5.41, 5.74) is 7.86. The van der Waals surface area contributed by atoms with Gasteiger partial charge >= 0.3 is 0 Å². The molecular formula is C14H19N3O. The third kappa shape index (κ3) is 3.90. The summed E-state index contributed by atoms with van der Waals surface area (Å²) in [6.07, 6.45) is 3.20. The van der Waals surface area contributed by atoms with Crippen LogP contribution in [-0.4, -0.2) is 23.6 Å². The number of hydrogen-bond donors (Lipinski definition) is 3. The molecule has 0 amide bonds. The second-order valence-electron chi connectivity index (χ2n) is 3.90. The highest BCUT2D eigenvalue weighted by Crippen LogP contribution is 2.14. The summed E-state index contributed by atoms with van der Waals surface area (Å²) in [5, 5.41) is 12.4. The summed E-state index contributed by atoms with van der Waals surface area (Å²) in [5.74, 6) is 0.0683. The summed E-state index contributed by atoms with van der Waals surface area (Å²) < 4.78 is 0. The number of aliphatic hydroxyl groups excluding tert-OH is 1. The van der Waals surface area contributed by atoms with Crippen LogP contribution in [0.2, 0.25) is 0 Å². The van der Waals surface area contributed by atoms with Crippen molar-refractivity contribution in [3.8, 4) is 0 Å². The van der Waals surface area contributed by atoms with Gasteiger partial charge in [0.25, 0.3) is 0 Å². The lowest BCUT2D eigenvalue weighted by atomic mass is 10.2. The molecule has 0 unspecified atom stereocenters. The molecule has 0 aliphatic carbocycles. The number of nitrogens with two attached hydrogens (primary N) is 1. The first-order valence-corrected chi connectivity index (χ1v) is 5.55. The summed E-state index contributed by atoms with van der Waals surface area (Å²) >= 11 is 0. The standard InChI is InChI=1S/C14H19N3O/c1-11(17(3)9-8-15)10-16-14-6-4-13(5-7-14)12(2)18/h4-9,16,18H,1-2,10,15H2,3H3/b9-8-. The fourth-order valence-corrected chi connectivity index (χ4v) is 1.34. The van der Waals surface area contributed by atoms with E-state index < -0.39 is 0 Å². The first-order chi connectivity index (χ1) is 8.54. The maximum Gasteiger partial charge on any atom is 0.115 e. The summed E-state index contributed by atoms with van der Waals surface area (Å²) in [6.45, 7) is 8.02. The molecule has 0 atom stereocenters. The van der Waals surface area contributed by atoms with Crippen molar-refractivity contribution in [2.75, 3.05) is 18.9 Å². The van der Waals surface area contributed by atoms with Crippen molar-refractivity contribution in [3.05, 3.63) is 61.1 Å². The van der Waals surface area contributed by atoms with Crippen LogP contribution in [0.25, 0.3) is 5.76 Å². The monoisotopic (exact) mass is 245 g/mol. The molecule has 4 nitrogen and oxygen atoms in total. The third-order valence-corrected chi connectivity index (χ3v) is 2.52. The number of nitrogens with one attached hydrogen (secondary N) is 1. The number of anilines is 1. The van der Waals surface area contributed by atoms with E-state index in [0.29, 0.717) is 12.1 Å². The third-order valence-electron chi connectivity index (χ3n) is 2.52. The van der Waals surface area contributed by atoms with Crippen molar-refractivity contribution in [1.29, 1.82) is 0 Å². The molecule has 4 N–H and O–H groups in total. The van der Waals surface area contributed by atoms with Crippen molar-refractivity contribution in [2.24, 2.45) is 5.73 Å². The molecule has 0 saturated heterocycles. The Morgan fingerprint density at radius 3 is 2.50 bits per heavy atom. The zero-order chi connectivity index (χ0) is 13.5. The number of hydrogen-bond acceptors (Lipinski definition) is 4. The van der Waals surface area contributed by atoms with E-state index in [0.717, 1.165) is 11.4 Å². The Morgan fingerprint density at radius 2 is 2.00 bits per heavy atom. The lowest BCUT2D eigenvalue weighted by molar-refractivity contribution is 0.514. The van der Waals surface area contributed by atoms with E-state index in [1.165, 1.54) is 6.20 Å². The second-order valence-corrected chi connectivity index (χ2v) is 3.90. The quantitative estimate of drug-likeness (QED) is 0.674. The van der Waals surface area contributed by atoms with Crippen LogP contribution in [0, 0.1) is 0 Å². The van der Waals surface area contributed by atoms with Gasteiger partial charge in [-0.3, -0.25) is 0 Å². The molecule has 96 valence electrons. The highest BCUT2D eigenvalue weighted by molar-refractivity contribution is 5.59. The number of benzene rings is 1. The van der Waals surface area contributed by atoms with Crippen molar-refractivity contribution in [1.82, 2.24) is 4.90 Å². The summed E-state index contributed by atoms with van der Waals surface area (Å²) in [6, 6.07) is 7.36. The molecule has 0 aromatic heterocycles. The smallest absolute Gasteiger partial charge is 0.115 e. The predicted octanol–water partition coefficient (Wildman–Crippen LogP) is 2.50. The first-order valence-electron chi connectivity index (χ1n) is 5.55. The molecule has 1 aromatic carbocycles.